The standard InChI is InChI=1S/C25H40N4O3/c1-16(2)19-14-20(23(31)27-13-12-18-10-8-7-9-11-18)29(15-19)24(32)21(25(4,5)6)28-22(30)17(3)26/h7-11,16-17,19-21H,12-15,26H2,1-6H3,(H,27,31)(H,28,30)/t17-,19-,20-,21+/m0/s1. The summed E-state index contributed by atoms with van der Waals surface area (Å²) in [7, 11) is 0. The van der Waals surface area contributed by atoms with Crippen LogP contribution in [0.2, 0.25) is 0 Å². The van der Waals surface area contributed by atoms with Gasteiger partial charge in [0.25, 0.3) is 0 Å². The molecule has 32 heavy (non-hydrogen) atoms. The quantitative estimate of drug-likeness (QED) is 0.571. The Bertz CT molecular complexity index is 786. The molecule has 0 saturated carbocycles. The smallest absolute Gasteiger partial charge is 0.246 e. The summed E-state index contributed by atoms with van der Waals surface area (Å²) < 4.78 is 0. The van der Waals surface area contributed by atoms with E-state index in [0.29, 0.717) is 25.4 Å². The van der Waals surface area contributed by atoms with Crippen molar-refractivity contribution in [3.8, 4) is 0 Å². The molecule has 3 amide bonds. The van der Waals surface area contributed by atoms with Crippen molar-refractivity contribution in [1.29, 1.82) is 0 Å². The number of benzene rings is 1. The van der Waals surface area contributed by atoms with Gasteiger partial charge in [-0.2, -0.15) is 0 Å². The monoisotopic (exact) mass is 444 g/mol. The lowest BCUT2D eigenvalue weighted by atomic mass is 9.85. The van der Waals surface area contributed by atoms with E-state index >= 15 is 0 Å². The number of hydrogen-bond acceptors (Lipinski definition) is 4. The fourth-order valence-corrected chi connectivity index (χ4v) is 4.02. The van der Waals surface area contributed by atoms with E-state index < -0.39 is 23.5 Å². The highest BCUT2D eigenvalue weighted by Gasteiger charge is 2.45. The lowest BCUT2D eigenvalue weighted by Gasteiger charge is -2.35. The summed E-state index contributed by atoms with van der Waals surface area (Å²) in [6.07, 6.45) is 1.36. The predicted octanol–water partition coefficient (Wildman–Crippen LogP) is 2.10. The van der Waals surface area contributed by atoms with Crippen molar-refractivity contribution < 1.29 is 14.4 Å². The van der Waals surface area contributed by atoms with Crippen molar-refractivity contribution >= 4 is 17.7 Å². The molecule has 0 aliphatic carbocycles. The molecule has 1 aliphatic heterocycles. The first kappa shape index (κ1) is 25.8. The van der Waals surface area contributed by atoms with Crippen LogP contribution in [0.3, 0.4) is 0 Å². The highest BCUT2D eigenvalue weighted by atomic mass is 16.2. The van der Waals surface area contributed by atoms with E-state index in [1.165, 1.54) is 0 Å². The Morgan fingerprint density at radius 2 is 1.75 bits per heavy atom. The van der Waals surface area contributed by atoms with Crippen LogP contribution in [0.1, 0.15) is 53.5 Å². The van der Waals surface area contributed by atoms with Gasteiger partial charge in [0.1, 0.15) is 12.1 Å². The van der Waals surface area contributed by atoms with Gasteiger partial charge >= 0.3 is 0 Å². The van der Waals surface area contributed by atoms with E-state index in [2.05, 4.69) is 24.5 Å². The molecule has 1 saturated heterocycles. The fraction of sp³-hybridized carbons (Fsp3) is 0.640. The van der Waals surface area contributed by atoms with Crippen molar-refractivity contribution in [3.63, 3.8) is 0 Å². The summed E-state index contributed by atoms with van der Waals surface area (Å²) in [4.78, 5) is 40.7. The summed E-state index contributed by atoms with van der Waals surface area (Å²) in [6, 6.07) is 7.96. The normalized spacial score (nSPS) is 20.7. The molecule has 0 radical (unpaired) electrons. The zero-order valence-electron chi connectivity index (χ0n) is 20.4. The van der Waals surface area contributed by atoms with Crippen LogP contribution >= 0.6 is 0 Å². The molecule has 0 bridgehead atoms. The van der Waals surface area contributed by atoms with Gasteiger partial charge in [0.15, 0.2) is 0 Å². The minimum Gasteiger partial charge on any atom is -0.354 e. The van der Waals surface area contributed by atoms with Gasteiger partial charge in [0, 0.05) is 13.1 Å². The van der Waals surface area contributed by atoms with Gasteiger partial charge in [-0.25, -0.2) is 0 Å². The summed E-state index contributed by atoms with van der Waals surface area (Å²) >= 11 is 0. The number of nitrogens with two attached hydrogens (primary N) is 1. The molecule has 0 aromatic heterocycles. The van der Waals surface area contributed by atoms with Gasteiger partial charge in [-0.15, -0.1) is 0 Å². The predicted molar refractivity (Wildman–Crippen MR) is 127 cm³/mol. The first-order valence-electron chi connectivity index (χ1n) is 11.6. The molecule has 1 aromatic rings. The second-order valence-corrected chi connectivity index (χ2v) is 10.4. The van der Waals surface area contributed by atoms with Gasteiger partial charge < -0.3 is 21.3 Å². The van der Waals surface area contributed by atoms with Crippen molar-refractivity contribution in [2.24, 2.45) is 23.0 Å². The van der Waals surface area contributed by atoms with E-state index in [9.17, 15) is 14.4 Å². The van der Waals surface area contributed by atoms with Crippen LogP contribution in [0.5, 0.6) is 0 Å². The fourth-order valence-electron chi connectivity index (χ4n) is 4.02. The third-order valence-electron chi connectivity index (χ3n) is 6.23. The van der Waals surface area contributed by atoms with Crippen LogP contribution in [0.25, 0.3) is 0 Å². The number of carbonyl (C=O) groups excluding carboxylic acids is 3. The highest BCUT2D eigenvalue weighted by molar-refractivity contribution is 5.93. The minimum absolute atomic E-state index is 0.136. The largest absolute Gasteiger partial charge is 0.354 e. The molecule has 4 N–H and O–H groups in total. The first-order chi connectivity index (χ1) is 14.9. The number of rotatable bonds is 8. The van der Waals surface area contributed by atoms with Crippen LogP contribution < -0.4 is 16.4 Å². The average molecular weight is 445 g/mol. The van der Waals surface area contributed by atoms with Crippen molar-refractivity contribution in [1.82, 2.24) is 15.5 Å². The molecule has 1 aromatic carbocycles. The highest BCUT2D eigenvalue weighted by Crippen LogP contribution is 2.32. The molecule has 7 nitrogen and oxygen atoms in total. The zero-order valence-corrected chi connectivity index (χ0v) is 20.4. The second kappa shape index (κ2) is 10.9. The maximum Gasteiger partial charge on any atom is 0.246 e. The molecular weight excluding hydrogens is 404 g/mol. The molecule has 4 atom stereocenters. The number of carbonyl (C=O) groups is 3. The van der Waals surface area contributed by atoms with Gasteiger partial charge in [0.05, 0.1) is 6.04 Å². The Morgan fingerprint density at radius 3 is 2.28 bits per heavy atom. The lowest BCUT2D eigenvalue weighted by Crippen LogP contribution is -2.59. The van der Waals surface area contributed by atoms with E-state index in [-0.39, 0.29) is 23.6 Å². The SMILES string of the molecule is CC(C)[C@H]1C[C@@H](C(=O)NCCc2ccccc2)N(C(=O)[C@@H](NC(=O)[C@H](C)N)C(C)(C)C)C1. The third kappa shape index (κ3) is 6.79. The van der Waals surface area contributed by atoms with E-state index in [0.717, 1.165) is 12.0 Å². The summed E-state index contributed by atoms with van der Waals surface area (Å²) in [5.74, 6) is -0.157. The number of nitrogens with zero attached hydrogens (tertiary/aromatic N) is 1. The van der Waals surface area contributed by atoms with Gasteiger partial charge in [-0.3, -0.25) is 14.4 Å². The lowest BCUT2D eigenvalue weighted by molar-refractivity contribution is -0.144. The molecule has 0 unspecified atom stereocenters. The molecule has 1 heterocycles. The van der Waals surface area contributed by atoms with Crippen molar-refractivity contribution in [2.75, 3.05) is 13.1 Å². The summed E-state index contributed by atoms with van der Waals surface area (Å²) in [6.45, 7) is 12.6. The number of nitrogens with one attached hydrogen (secondary N) is 2. The Balaban J connectivity index is 2.15. The van der Waals surface area contributed by atoms with E-state index in [4.69, 9.17) is 5.73 Å². The summed E-state index contributed by atoms with van der Waals surface area (Å²) in [5.41, 5.74) is 6.35. The van der Waals surface area contributed by atoms with Crippen LogP contribution in [-0.2, 0) is 20.8 Å². The summed E-state index contributed by atoms with van der Waals surface area (Å²) in [5, 5.41) is 5.83. The van der Waals surface area contributed by atoms with Crippen LogP contribution in [-0.4, -0.2) is 53.8 Å². The Labute approximate surface area is 192 Å². The number of likely N-dealkylation sites (tertiary alicyclic amines) is 1. The molecule has 0 spiro atoms. The van der Waals surface area contributed by atoms with Crippen LogP contribution in [0.4, 0.5) is 0 Å². The maximum atomic E-state index is 13.6. The molecule has 7 heteroatoms. The van der Waals surface area contributed by atoms with Crippen molar-refractivity contribution in [3.05, 3.63) is 35.9 Å². The average Bonchev–Trinajstić information content (AvgIpc) is 3.17. The Hall–Kier alpha value is -2.41. The molecule has 2 rings (SSSR count). The zero-order chi connectivity index (χ0) is 24.1. The second-order valence-electron chi connectivity index (χ2n) is 10.4. The van der Waals surface area contributed by atoms with Gasteiger partial charge in [-0.1, -0.05) is 65.0 Å². The Morgan fingerprint density at radius 1 is 1.12 bits per heavy atom. The van der Waals surface area contributed by atoms with Crippen LogP contribution in [0.15, 0.2) is 30.3 Å². The van der Waals surface area contributed by atoms with Crippen molar-refractivity contribution in [2.45, 2.75) is 72.5 Å². The van der Waals surface area contributed by atoms with Crippen LogP contribution in [0, 0.1) is 17.3 Å². The molecule has 1 fully saturated rings. The maximum absolute atomic E-state index is 13.6. The molecule has 178 valence electrons. The number of hydrogen-bond donors (Lipinski definition) is 3. The van der Waals surface area contributed by atoms with Gasteiger partial charge in [-0.05, 0) is 42.6 Å². The van der Waals surface area contributed by atoms with Gasteiger partial charge in [0.2, 0.25) is 17.7 Å². The first-order valence-corrected chi connectivity index (χ1v) is 11.6. The molecule has 1 aliphatic rings. The van der Waals surface area contributed by atoms with E-state index in [1.807, 2.05) is 51.1 Å². The Kier molecular flexibility index (Phi) is 8.84. The van der Waals surface area contributed by atoms with E-state index in [1.54, 1.807) is 11.8 Å². The molecular formula is C25H40N4O3. The minimum atomic E-state index is -0.758. The third-order valence-corrected chi connectivity index (χ3v) is 6.23. The topological polar surface area (TPSA) is 105 Å². The number of amides is 3.